The Hall–Kier alpha value is -1.91. The maximum Gasteiger partial charge on any atom is 0.178 e. The first-order valence-electron chi connectivity index (χ1n) is 9.65. The van der Waals surface area contributed by atoms with Crippen molar-refractivity contribution in [1.82, 2.24) is 14.4 Å². The molecule has 0 amide bonds. The van der Waals surface area contributed by atoms with Gasteiger partial charge in [-0.25, -0.2) is 0 Å². The third-order valence-corrected chi connectivity index (χ3v) is 5.76. The summed E-state index contributed by atoms with van der Waals surface area (Å²) in [5, 5.41) is 0. The summed E-state index contributed by atoms with van der Waals surface area (Å²) in [5.41, 5.74) is 6.72. The van der Waals surface area contributed by atoms with Crippen LogP contribution in [0.3, 0.4) is 0 Å². The van der Waals surface area contributed by atoms with Gasteiger partial charge in [0.25, 0.3) is 0 Å². The Bertz CT molecular complexity index is 798. The number of nitrogens with zero attached hydrogens (tertiary/aromatic N) is 3. The summed E-state index contributed by atoms with van der Waals surface area (Å²) < 4.78 is 2.20. The largest absolute Gasteiger partial charge is 0.318 e. The highest BCUT2D eigenvalue weighted by Gasteiger charge is 2.22. The Balaban J connectivity index is 1.79. The summed E-state index contributed by atoms with van der Waals surface area (Å²) in [6.45, 7) is 16.3. The predicted octanol–water partition coefficient (Wildman–Crippen LogP) is 3.53. The Morgan fingerprint density at radius 3 is 2.19 bits per heavy atom. The van der Waals surface area contributed by atoms with Crippen LogP contribution in [-0.2, 0) is 0 Å². The number of piperazine rings is 1. The molecule has 1 aromatic carbocycles. The molecule has 1 fully saturated rings. The van der Waals surface area contributed by atoms with Crippen LogP contribution in [-0.4, -0.2) is 59.4 Å². The van der Waals surface area contributed by atoms with Crippen LogP contribution in [0.25, 0.3) is 5.69 Å². The quantitative estimate of drug-likeness (QED) is 0.770. The summed E-state index contributed by atoms with van der Waals surface area (Å²) >= 11 is 0. The summed E-state index contributed by atoms with van der Waals surface area (Å²) in [6.07, 6.45) is 0. The van der Waals surface area contributed by atoms with Crippen LogP contribution in [0.15, 0.2) is 24.3 Å². The molecule has 2 aromatic rings. The number of carbonyl (C=O) groups excluding carboxylic acids is 1. The molecule has 140 valence electrons. The Morgan fingerprint density at radius 1 is 0.923 bits per heavy atom. The van der Waals surface area contributed by atoms with Crippen molar-refractivity contribution in [2.24, 2.45) is 0 Å². The van der Waals surface area contributed by atoms with E-state index < -0.39 is 0 Å². The Morgan fingerprint density at radius 2 is 1.58 bits per heavy atom. The van der Waals surface area contributed by atoms with Gasteiger partial charge in [-0.3, -0.25) is 9.69 Å². The van der Waals surface area contributed by atoms with Crippen LogP contribution in [0.4, 0.5) is 0 Å². The minimum atomic E-state index is 0.234. The van der Waals surface area contributed by atoms with Crippen molar-refractivity contribution in [3.63, 3.8) is 0 Å². The average Bonchev–Trinajstić information content (AvgIpc) is 2.93. The molecule has 3 rings (SSSR count). The first kappa shape index (κ1) is 18.9. The zero-order chi connectivity index (χ0) is 18.8. The van der Waals surface area contributed by atoms with Crippen LogP contribution in [0.1, 0.15) is 39.8 Å². The first-order valence-corrected chi connectivity index (χ1v) is 9.65. The van der Waals surface area contributed by atoms with Crippen molar-refractivity contribution in [2.75, 3.05) is 39.3 Å². The van der Waals surface area contributed by atoms with Crippen molar-refractivity contribution < 1.29 is 4.79 Å². The maximum absolute atomic E-state index is 12.9. The van der Waals surface area contributed by atoms with E-state index in [2.05, 4.69) is 73.3 Å². The van der Waals surface area contributed by atoms with Crippen LogP contribution < -0.4 is 0 Å². The molecule has 1 aliphatic heterocycles. The topological polar surface area (TPSA) is 28.5 Å². The SMILES string of the molecule is CCN1CCN(CC(=O)c2cc(C)n(-c3ccc(C)c(C)c3)c2C)CC1. The number of aromatic nitrogens is 1. The van der Waals surface area contributed by atoms with E-state index in [9.17, 15) is 4.79 Å². The number of ketones is 1. The monoisotopic (exact) mass is 353 g/mol. The fraction of sp³-hybridized carbons (Fsp3) is 0.500. The minimum Gasteiger partial charge on any atom is -0.318 e. The van der Waals surface area contributed by atoms with E-state index in [4.69, 9.17) is 0 Å². The Labute approximate surface area is 157 Å². The van der Waals surface area contributed by atoms with Gasteiger partial charge >= 0.3 is 0 Å². The van der Waals surface area contributed by atoms with Crippen molar-refractivity contribution in [3.05, 3.63) is 52.3 Å². The molecule has 0 atom stereocenters. The van der Waals surface area contributed by atoms with Gasteiger partial charge in [-0.1, -0.05) is 13.0 Å². The molecular weight excluding hydrogens is 322 g/mol. The number of hydrogen-bond acceptors (Lipinski definition) is 3. The van der Waals surface area contributed by atoms with Crippen LogP contribution in [0.2, 0.25) is 0 Å². The first-order chi connectivity index (χ1) is 12.4. The number of benzene rings is 1. The highest BCUT2D eigenvalue weighted by atomic mass is 16.1. The lowest BCUT2D eigenvalue weighted by Gasteiger charge is -2.33. The van der Waals surface area contributed by atoms with Gasteiger partial charge in [0, 0.05) is 48.8 Å². The van der Waals surface area contributed by atoms with Gasteiger partial charge in [-0.05, 0) is 63.6 Å². The lowest BCUT2D eigenvalue weighted by atomic mass is 10.1. The third-order valence-electron chi connectivity index (χ3n) is 5.76. The molecule has 0 aliphatic carbocycles. The van der Waals surface area contributed by atoms with Gasteiger partial charge in [0.2, 0.25) is 0 Å². The second-order valence-electron chi connectivity index (χ2n) is 7.52. The van der Waals surface area contributed by atoms with Crippen molar-refractivity contribution in [1.29, 1.82) is 0 Å². The molecule has 0 saturated carbocycles. The van der Waals surface area contributed by atoms with Gasteiger partial charge in [-0.15, -0.1) is 0 Å². The number of Topliss-reactive ketones (excluding diaryl/α,β-unsaturated/α-hetero) is 1. The smallest absolute Gasteiger partial charge is 0.178 e. The van der Waals surface area contributed by atoms with E-state index >= 15 is 0 Å². The normalized spacial score (nSPS) is 16.2. The molecule has 0 spiro atoms. The molecule has 26 heavy (non-hydrogen) atoms. The molecule has 1 aliphatic rings. The van der Waals surface area contributed by atoms with E-state index in [1.54, 1.807) is 0 Å². The van der Waals surface area contributed by atoms with Gasteiger partial charge in [0.1, 0.15) is 0 Å². The highest BCUT2D eigenvalue weighted by molar-refractivity contribution is 5.99. The second-order valence-corrected chi connectivity index (χ2v) is 7.52. The molecule has 0 bridgehead atoms. The molecule has 0 unspecified atom stereocenters. The number of aryl methyl sites for hydroxylation is 3. The molecular formula is C22H31N3O. The second kappa shape index (κ2) is 7.77. The van der Waals surface area contributed by atoms with Crippen molar-refractivity contribution in [3.8, 4) is 5.69 Å². The van der Waals surface area contributed by atoms with Crippen molar-refractivity contribution >= 4 is 5.78 Å². The lowest BCUT2D eigenvalue weighted by molar-refractivity contribution is 0.0858. The summed E-state index contributed by atoms with van der Waals surface area (Å²) in [5.74, 6) is 0.234. The van der Waals surface area contributed by atoms with Crippen LogP contribution >= 0.6 is 0 Å². The average molecular weight is 354 g/mol. The molecule has 4 heteroatoms. The van der Waals surface area contributed by atoms with E-state index in [-0.39, 0.29) is 5.78 Å². The van der Waals surface area contributed by atoms with Crippen LogP contribution in [0, 0.1) is 27.7 Å². The molecule has 0 radical (unpaired) electrons. The van der Waals surface area contributed by atoms with E-state index in [0.717, 1.165) is 55.4 Å². The maximum atomic E-state index is 12.9. The number of carbonyl (C=O) groups is 1. The van der Waals surface area contributed by atoms with Crippen molar-refractivity contribution in [2.45, 2.75) is 34.6 Å². The molecule has 4 nitrogen and oxygen atoms in total. The van der Waals surface area contributed by atoms with Gasteiger partial charge < -0.3 is 9.47 Å². The number of hydrogen-bond donors (Lipinski definition) is 0. The van der Waals surface area contributed by atoms with E-state index in [1.165, 1.54) is 11.1 Å². The number of rotatable bonds is 5. The zero-order valence-corrected chi connectivity index (χ0v) is 16.8. The molecule has 2 heterocycles. The fourth-order valence-electron chi connectivity index (χ4n) is 3.86. The van der Waals surface area contributed by atoms with Crippen LogP contribution in [0.5, 0.6) is 0 Å². The molecule has 1 aromatic heterocycles. The van der Waals surface area contributed by atoms with E-state index in [0.29, 0.717) is 6.54 Å². The Kier molecular flexibility index (Phi) is 5.64. The minimum absolute atomic E-state index is 0.234. The third kappa shape index (κ3) is 3.76. The van der Waals surface area contributed by atoms with Gasteiger partial charge in [0.15, 0.2) is 5.78 Å². The lowest BCUT2D eigenvalue weighted by Crippen LogP contribution is -2.47. The van der Waals surface area contributed by atoms with E-state index in [1.807, 2.05) is 0 Å². The fourth-order valence-corrected chi connectivity index (χ4v) is 3.86. The van der Waals surface area contributed by atoms with Gasteiger partial charge in [-0.2, -0.15) is 0 Å². The molecule has 0 N–H and O–H groups in total. The standard InChI is InChI=1S/C22H31N3O/c1-6-23-9-11-24(12-10-23)15-22(26)21-14-18(4)25(19(21)5)20-8-7-16(2)17(3)13-20/h7-8,13-14H,6,9-12,15H2,1-5H3. The number of likely N-dealkylation sites (N-methyl/N-ethyl adjacent to an activating group) is 1. The zero-order valence-electron chi connectivity index (χ0n) is 16.8. The predicted molar refractivity (Wildman–Crippen MR) is 108 cm³/mol. The highest BCUT2D eigenvalue weighted by Crippen LogP contribution is 2.23. The molecule has 1 saturated heterocycles. The summed E-state index contributed by atoms with van der Waals surface area (Å²) in [4.78, 5) is 17.7. The van der Waals surface area contributed by atoms with Gasteiger partial charge in [0.05, 0.1) is 6.54 Å². The summed E-state index contributed by atoms with van der Waals surface area (Å²) in [6, 6.07) is 8.54. The summed E-state index contributed by atoms with van der Waals surface area (Å²) in [7, 11) is 0.